The van der Waals surface area contributed by atoms with Gasteiger partial charge in [0.25, 0.3) is 5.69 Å². The highest BCUT2D eigenvalue weighted by Crippen LogP contribution is 2.27. The average molecular weight is 551 g/mol. The molecule has 0 aliphatic rings. The summed E-state index contributed by atoms with van der Waals surface area (Å²) < 4.78 is 28.5. The van der Waals surface area contributed by atoms with Crippen molar-refractivity contribution in [2.45, 2.75) is 18.2 Å². The number of anilines is 1. The average Bonchev–Trinajstić information content (AvgIpc) is 3.17. The summed E-state index contributed by atoms with van der Waals surface area (Å²) in [5.41, 5.74) is -0.0316. The number of halogens is 1. The first kappa shape index (κ1) is 25.7. The Bertz CT molecular complexity index is 948. The van der Waals surface area contributed by atoms with Gasteiger partial charge in [-0.3, -0.25) is 15.1 Å². The molecule has 166 valence electrons. The van der Waals surface area contributed by atoms with Crippen LogP contribution in [0.2, 0.25) is 0 Å². The number of sulfone groups is 1. The summed E-state index contributed by atoms with van der Waals surface area (Å²) in [6.07, 6.45) is 3.31. The second kappa shape index (κ2) is 12.4. The Balaban J connectivity index is 0.00000450. The molecule has 0 aliphatic carbocycles. The van der Waals surface area contributed by atoms with E-state index >= 15 is 0 Å². The zero-order valence-corrected chi connectivity index (χ0v) is 19.9. The fraction of sp³-hybridized carbons (Fsp3) is 0.389. The van der Waals surface area contributed by atoms with E-state index in [9.17, 15) is 18.5 Å². The highest BCUT2D eigenvalue weighted by Gasteiger charge is 2.18. The van der Waals surface area contributed by atoms with Gasteiger partial charge in [0.15, 0.2) is 15.8 Å². The largest absolute Gasteiger partial charge is 0.469 e. The van der Waals surface area contributed by atoms with Crippen LogP contribution in [0.3, 0.4) is 0 Å². The second-order valence-electron chi connectivity index (χ2n) is 6.15. The van der Waals surface area contributed by atoms with Crippen LogP contribution in [0, 0.1) is 10.1 Å². The van der Waals surface area contributed by atoms with Gasteiger partial charge in [0.1, 0.15) is 11.4 Å². The molecule has 0 saturated carbocycles. The lowest BCUT2D eigenvalue weighted by Gasteiger charge is -2.12. The summed E-state index contributed by atoms with van der Waals surface area (Å²) in [7, 11) is -3.52. The zero-order valence-electron chi connectivity index (χ0n) is 16.8. The van der Waals surface area contributed by atoms with Gasteiger partial charge in [0.05, 0.1) is 16.1 Å². The Labute approximate surface area is 192 Å². The van der Waals surface area contributed by atoms with Crippen molar-refractivity contribution in [3.63, 3.8) is 0 Å². The van der Waals surface area contributed by atoms with Crippen LogP contribution in [0.15, 0.2) is 50.9 Å². The lowest BCUT2D eigenvalue weighted by Crippen LogP contribution is -2.39. The monoisotopic (exact) mass is 551 g/mol. The van der Waals surface area contributed by atoms with E-state index in [4.69, 9.17) is 4.42 Å². The standard InChI is InChI=1S/C18H25N5O5S.HI/c1-3-19-18(21-9-8-14-5-4-12-28-14)22-11-10-20-16-7-6-15(29(2,26)27)13-17(16)23(24)25;/h4-7,12-13,20H,3,8-11H2,1-2H3,(H2,19,21,22);1H. The molecule has 0 bridgehead atoms. The summed E-state index contributed by atoms with van der Waals surface area (Å²) in [5.74, 6) is 1.49. The first-order valence-corrected chi connectivity index (χ1v) is 11.0. The van der Waals surface area contributed by atoms with Crippen LogP contribution in [-0.4, -0.2) is 51.7 Å². The SMILES string of the molecule is CCNC(=NCCc1ccco1)NCCNc1ccc(S(C)(=O)=O)cc1[N+](=O)[O-].I. The topological polar surface area (TPSA) is 139 Å². The molecule has 0 fully saturated rings. The molecule has 10 nitrogen and oxygen atoms in total. The number of aliphatic imine (C=N–C) groups is 1. The number of hydrogen-bond donors (Lipinski definition) is 3. The highest BCUT2D eigenvalue weighted by atomic mass is 127. The molecule has 1 heterocycles. The van der Waals surface area contributed by atoms with Crippen LogP contribution in [-0.2, 0) is 16.3 Å². The number of furan rings is 1. The van der Waals surface area contributed by atoms with Crippen molar-refractivity contribution in [1.29, 1.82) is 0 Å². The number of guanidine groups is 1. The van der Waals surface area contributed by atoms with E-state index in [1.54, 1.807) is 6.26 Å². The summed E-state index contributed by atoms with van der Waals surface area (Å²) >= 11 is 0. The van der Waals surface area contributed by atoms with Crippen molar-refractivity contribution in [1.82, 2.24) is 10.6 Å². The lowest BCUT2D eigenvalue weighted by atomic mass is 10.2. The van der Waals surface area contributed by atoms with Crippen molar-refractivity contribution in [3.8, 4) is 0 Å². The molecule has 2 rings (SSSR count). The van der Waals surface area contributed by atoms with Crippen LogP contribution >= 0.6 is 24.0 Å². The van der Waals surface area contributed by atoms with Crippen LogP contribution in [0.5, 0.6) is 0 Å². The minimum Gasteiger partial charge on any atom is -0.469 e. The van der Waals surface area contributed by atoms with Crippen LogP contribution in [0.4, 0.5) is 11.4 Å². The third kappa shape index (κ3) is 8.18. The van der Waals surface area contributed by atoms with Gasteiger partial charge in [-0.05, 0) is 31.2 Å². The smallest absolute Gasteiger partial charge is 0.293 e. The van der Waals surface area contributed by atoms with E-state index in [0.29, 0.717) is 38.6 Å². The number of benzene rings is 1. The molecule has 0 spiro atoms. The first-order valence-electron chi connectivity index (χ1n) is 9.08. The molecule has 0 aliphatic heterocycles. The molecule has 0 atom stereocenters. The Morgan fingerprint density at radius 1 is 1.23 bits per heavy atom. The fourth-order valence-electron chi connectivity index (χ4n) is 2.50. The van der Waals surface area contributed by atoms with Crippen molar-refractivity contribution in [2.75, 3.05) is 37.8 Å². The van der Waals surface area contributed by atoms with Crippen molar-refractivity contribution < 1.29 is 17.8 Å². The number of nitro groups is 1. The quantitative estimate of drug-likeness (QED) is 0.102. The molecule has 30 heavy (non-hydrogen) atoms. The highest BCUT2D eigenvalue weighted by molar-refractivity contribution is 14.0. The molecule has 0 unspecified atom stereocenters. The molecule has 3 N–H and O–H groups in total. The number of hydrogen-bond acceptors (Lipinski definition) is 7. The van der Waals surface area contributed by atoms with Crippen LogP contribution in [0.1, 0.15) is 12.7 Å². The molecule has 12 heteroatoms. The molecule has 0 radical (unpaired) electrons. The number of nitrogens with zero attached hydrogens (tertiary/aromatic N) is 2. The Morgan fingerprint density at radius 3 is 2.60 bits per heavy atom. The summed E-state index contributed by atoms with van der Waals surface area (Å²) in [6, 6.07) is 7.53. The molecule has 0 saturated heterocycles. The second-order valence-corrected chi connectivity index (χ2v) is 8.17. The van der Waals surface area contributed by atoms with E-state index in [0.717, 1.165) is 18.1 Å². The van der Waals surface area contributed by atoms with Gasteiger partial charge in [-0.15, -0.1) is 24.0 Å². The maximum atomic E-state index is 11.6. The van der Waals surface area contributed by atoms with Crippen molar-refractivity contribution >= 4 is 51.1 Å². The Morgan fingerprint density at radius 2 is 2.00 bits per heavy atom. The van der Waals surface area contributed by atoms with Crippen molar-refractivity contribution in [2.24, 2.45) is 4.99 Å². The maximum absolute atomic E-state index is 11.6. The zero-order chi connectivity index (χ0) is 21.3. The van der Waals surface area contributed by atoms with E-state index in [-0.39, 0.29) is 40.2 Å². The van der Waals surface area contributed by atoms with Gasteiger partial charge >= 0.3 is 0 Å². The predicted octanol–water partition coefficient (Wildman–Crippen LogP) is 2.42. The van der Waals surface area contributed by atoms with Gasteiger partial charge in [-0.25, -0.2) is 8.42 Å². The van der Waals surface area contributed by atoms with Gasteiger partial charge in [0.2, 0.25) is 0 Å². The van der Waals surface area contributed by atoms with Gasteiger partial charge in [-0.1, -0.05) is 0 Å². The molecular formula is C18H26IN5O5S. The molecule has 1 aromatic heterocycles. The third-order valence-corrected chi connectivity index (χ3v) is 4.99. The normalized spacial score (nSPS) is 11.5. The van der Waals surface area contributed by atoms with Gasteiger partial charge < -0.3 is 20.4 Å². The van der Waals surface area contributed by atoms with E-state index < -0.39 is 14.8 Å². The summed E-state index contributed by atoms with van der Waals surface area (Å²) in [5, 5.41) is 20.5. The molecular weight excluding hydrogens is 525 g/mol. The number of nitro benzene ring substituents is 1. The minimum atomic E-state index is -3.52. The lowest BCUT2D eigenvalue weighted by molar-refractivity contribution is -0.384. The first-order chi connectivity index (χ1) is 13.8. The van der Waals surface area contributed by atoms with E-state index in [2.05, 4.69) is 20.9 Å². The fourth-order valence-corrected chi connectivity index (χ4v) is 3.14. The third-order valence-electron chi connectivity index (χ3n) is 3.88. The maximum Gasteiger partial charge on any atom is 0.293 e. The van der Waals surface area contributed by atoms with E-state index in [1.165, 1.54) is 12.1 Å². The van der Waals surface area contributed by atoms with Crippen LogP contribution < -0.4 is 16.0 Å². The minimum absolute atomic E-state index is 0. The number of rotatable bonds is 10. The summed E-state index contributed by atoms with van der Waals surface area (Å²) in [6.45, 7) is 4.03. The van der Waals surface area contributed by atoms with Gasteiger partial charge in [-0.2, -0.15) is 0 Å². The van der Waals surface area contributed by atoms with E-state index in [1.807, 2.05) is 19.1 Å². The van der Waals surface area contributed by atoms with Gasteiger partial charge in [0, 0.05) is 44.9 Å². The summed E-state index contributed by atoms with van der Waals surface area (Å²) in [4.78, 5) is 15.0. The van der Waals surface area contributed by atoms with Crippen LogP contribution in [0.25, 0.3) is 0 Å². The molecule has 1 aromatic carbocycles. The molecule has 0 amide bonds. The Kier molecular flexibility index (Phi) is 10.6. The Hall–Kier alpha value is -2.35. The molecule has 2 aromatic rings. The number of nitrogens with one attached hydrogen (secondary N) is 3. The van der Waals surface area contributed by atoms with Crippen molar-refractivity contribution in [3.05, 3.63) is 52.5 Å². The predicted molar refractivity (Wildman–Crippen MR) is 127 cm³/mol.